The second-order valence-corrected chi connectivity index (χ2v) is 3.35. The minimum Gasteiger partial charge on any atom is -0.447 e. The van der Waals surface area contributed by atoms with Crippen LogP contribution in [0.5, 0.6) is 0 Å². The van der Waals surface area contributed by atoms with E-state index in [1.165, 1.54) is 6.92 Å². The molecular formula is C4H5Cl3O2. The average molecular weight is 191 g/mol. The molecule has 2 nitrogen and oxygen atoms in total. The first-order chi connectivity index (χ1) is 3.98. The standard InChI is InChI=1S/C4H5Cl3O2/c1-4(6,7)3(8)9-2-5/h2H2,1H3. The molecule has 9 heavy (non-hydrogen) atoms. The van der Waals surface area contributed by atoms with Gasteiger partial charge in [0.1, 0.15) is 0 Å². The van der Waals surface area contributed by atoms with E-state index in [0.717, 1.165) is 0 Å². The minimum absolute atomic E-state index is 0.228. The van der Waals surface area contributed by atoms with Crippen LogP contribution in [0, 0.1) is 0 Å². The minimum atomic E-state index is -1.49. The van der Waals surface area contributed by atoms with Crippen LogP contribution >= 0.6 is 34.8 Å². The van der Waals surface area contributed by atoms with Crippen LogP contribution < -0.4 is 0 Å². The molecule has 0 aromatic heterocycles. The van der Waals surface area contributed by atoms with Crippen LogP contribution in [-0.2, 0) is 9.53 Å². The SMILES string of the molecule is CC(Cl)(Cl)C(=O)OCCl. The molecule has 0 atom stereocenters. The molecule has 0 saturated heterocycles. The van der Waals surface area contributed by atoms with Gasteiger partial charge in [0.05, 0.1) is 0 Å². The molecule has 0 aromatic rings. The van der Waals surface area contributed by atoms with Crippen molar-refractivity contribution in [3.05, 3.63) is 0 Å². The number of hydrogen-bond donors (Lipinski definition) is 0. The van der Waals surface area contributed by atoms with Gasteiger partial charge in [-0.1, -0.05) is 34.8 Å². The van der Waals surface area contributed by atoms with Crippen molar-refractivity contribution in [2.75, 3.05) is 6.07 Å². The highest BCUT2D eigenvalue weighted by atomic mass is 35.5. The molecule has 0 rings (SSSR count). The van der Waals surface area contributed by atoms with E-state index < -0.39 is 10.3 Å². The highest BCUT2D eigenvalue weighted by Gasteiger charge is 2.28. The Morgan fingerprint density at radius 1 is 1.67 bits per heavy atom. The maximum absolute atomic E-state index is 10.5. The molecule has 0 aromatic carbocycles. The zero-order valence-electron chi connectivity index (χ0n) is 4.66. The van der Waals surface area contributed by atoms with E-state index >= 15 is 0 Å². The molecule has 0 bridgehead atoms. The summed E-state index contributed by atoms with van der Waals surface area (Å²) in [5.41, 5.74) is 0. The maximum atomic E-state index is 10.5. The Labute approximate surface area is 68.0 Å². The van der Waals surface area contributed by atoms with Gasteiger partial charge in [-0.05, 0) is 6.92 Å². The molecule has 0 amide bonds. The number of alkyl halides is 3. The van der Waals surface area contributed by atoms with Crippen molar-refractivity contribution >= 4 is 40.8 Å². The Balaban J connectivity index is 3.74. The molecule has 0 radical (unpaired) electrons. The number of rotatable bonds is 2. The van der Waals surface area contributed by atoms with Crippen LogP contribution in [0.2, 0.25) is 0 Å². The third-order valence-corrected chi connectivity index (χ3v) is 0.962. The van der Waals surface area contributed by atoms with E-state index in [-0.39, 0.29) is 6.07 Å². The Hall–Kier alpha value is 0.340. The Morgan fingerprint density at radius 2 is 2.11 bits per heavy atom. The van der Waals surface area contributed by atoms with Crippen LogP contribution in [0.1, 0.15) is 6.92 Å². The van der Waals surface area contributed by atoms with Crippen molar-refractivity contribution in [3.8, 4) is 0 Å². The normalized spacial score (nSPS) is 11.1. The summed E-state index contributed by atoms with van der Waals surface area (Å²) in [7, 11) is 0. The predicted molar refractivity (Wildman–Crippen MR) is 36.9 cm³/mol. The predicted octanol–water partition coefficient (Wildman–Crippen LogP) is 1.92. The summed E-state index contributed by atoms with van der Waals surface area (Å²) in [6.45, 7) is 1.31. The number of halogens is 3. The molecule has 0 heterocycles. The van der Waals surface area contributed by atoms with Crippen LogP contribution in [0.15, 0.2) is 0 Å². The molecule has 0 spiro atoms. The van der Waals surface area contributed by atoms with Crippen LogP contribution in [0.25, 0.3) is 0 Å². The number of esters is 1. The van der Waals surface area contributed by atoms with Gasteiger partial charge in [-0.25, -0.2) is 4.79 Å². The lowest BCUT2D eigenvalue weighted by atomic mass is 10.5. The smallest absolute Gasteiger partial charge is 0.343 e. The second-order valence-electron chi connectivity index (χ2n) is 1.43. The molecule has 54 valence electrons. The van der Waals surface area contributed by atoms with Crippen molar-refractivity contribution in [2.24, 2.45) is 0 Å². The van der Waals surface area contributed by atoms with Crippen molar-refractivity contribution in [1.82, 2.24) is 0 Å². The summed E-state index contributed by atoms with van der Waals surface area (Å²) < 4.78 is 2.78. The molecular weight excluding hydrogens is 186 g/mol. The van der Waals surface area contributed by atoms with E-state index in [9.17, 15) is 4.79 Å². The van der Waals surface area contributed by atoms with Gasteiger partial charge >= 0.3 is 5.97 Å². The van der Waals surface area contributed by atoms with Gasteiger partial charge in [-0.2, -0.15) is 0 Å². The fourth-order valence-electron chi connectivity index (χ4n) is 0.176. The Kier molecular flexibility index (Phi) is 3.63. The van der Waals surface area contributed by atoms with E-state index in [1.54, 1.807) is 0 Å². The van der Waals surface area contributed by atoms with Gasteiger partial charge in [0, 0.05) is 0 Å². The topological polar surface area (TPSA) is 26.3 Å². The lowest BCUT2D eigenvalue weighted by molar-refractivity contribution is -0.141. The van der Waals surface area contributed by atoms with Crippen LogP contribution in [0.4, 0.5) is 0 Å². The van der Waals surface area contributed by atoms with Crippen molar-refractivity contribution in [1.29, 1.82) is 0 Å². The molecule has 0 aliphatic rings. The zero-order valence-corrected chi connectivity index (χ0v) is 6.93. The molecule has 0 unspecified atom stereocenters. The molecule has 0 aliphatic heterocycles. The van der Waals surface area contributed by atoms with E-state index in [0.29, 0.717) is 0 Å². The lowest BCUT2D eigenvalue weighted by Crippen LogP contribution is -2.23. The first-order valence-electron chi connectivity index (χ1n) is 2.09. The first-order valence-corrected chi connectivity index (χ1v) is 3.38. The molecule has 0 N–H and O–H groups in total. The third-order valence-electron chi connectivity index (χ3n) is 0.544. The molecule has 0 fully saturated rings. The summed E-state index contributed by atoms with van der Waals surface area (Å²) in [6, 6.07) is -0.228. The van der Waals surface area contributed by atoms with E-state index in [2.05, 4.69) is 4.74 Å². The summed E-state index contributed by atoms with van der Waals surface area (Å²) in [5, 5.41) is 0. The number of hydrogen-bond acceptors (Lipinski definition) is 2. The van der Waals surface area contributed by atoms with Gasteiger partial charge in [0.2, 0.25) is 4.33 Å². The number of carbonyl (C=O) groups is 1. The van der Waals surface area contributed by atoms with E-state index in [1.807, 2.05) is 0 Å². The highest BCUT2D eigenvalue weighted by molar-refractivity contribution is 6.57. The molecule has 0 aliphatic carbocycles. The van der Waals surface area contributed by atoms with Gasteiger partial charge in [-0.15, -0.1) is 0 Å². The third kappa shape index (κ3) is 3.84. The molecule has 5 heteroatoms. The van der Waals surface area contributed by atoms with Crippen LogP contribution in [-0.4, -0.2) is 16.4 Å². The summed E-state index contributed by atoms with van der Waals surface area (Å²) >= 11 is 15.6. The summed E-state index contributed by atoms with van der Waals surface area (Å²) in [6.07, 6.45) is 0. The quantitative estimate of drug-likeness (QED) is 0.492. The summed E-state index contributed by atoms with van der Waals surface area (Å²) in [4.78, 5) is 10.5. The zero-order chi connectivity index (χ0) is 7.49. The van der Waals surface area contributed by atoms with Crippen LogP contribution in [0.3, 0.4) is 0 Å². The average Bonchev–Trinajstić information content (AvgIpc) is 1.64. The number of ether oxygens (including phenoxy) is 1. The van der Waals surface area contributed by atoms with Gasteiger partial charge in [0.25, 0.3) is 0 Å². The fourth-order valence-corrected chi connectivity index (χ4v) is 0.384. The molecule has 0 saturated carbocycles. The Morgan fingerprint density at radius 3 is 2.22 bits per heavy atom. The Bertz CT molecular complexity index is 107. The van der Waals surface area contributed by atoms with Crippen molar-refractivity contribution in [2.45, 2.75) is 11.3 Å². The van der Waals surface area contributed by atoms with Gasteiger partial charge < -0.3 is 4.74 Å². The number of carbonyl (C=O) groups excluding carboxylic acids is 1. The lowest BCUT2D eigenvalue weighted by Gasteiger charge is -2.09. The largest absolute Gasteiger partial charge is 0.447 e. The second kappa shape index (κ2) is 3.49. The van der Waals surface area contributed by atoms with Crippen molar-refractivity contribution in [3.63, 3.8) is 0 Å². The van der Waals surface area contributed by atoms with Gasteiger partial charge in [0.15, 0.2) is 6.07 Å². The van der Waals surface area contributed by atoms with Crippen molar-refractivity contribution < 1.29 is 9.53 Å². The highest BCUT2D eigenvalue weighted by Crippen LogP contribution is 2.20. The fraction of sp³-hybridized carbons (Fsp3) is 0.750. The van der Waals surface area contributed by atoms with E-state index in [4.69, 9.17) is 34.8 Å². The first kappa shape index (κ1) is 9.34. The van der Waals surface area contributed by atoms with Gasteiger partial charge in [-0.3, -0.25) is 0 Å². The maximum Gasteiger partial charge on any atom is 0.343 e. The monoisotopic (exact) mass is 190 g/mol. The summed E-state index contributed by atoms with van der Waals surface area (Å²) in [5.74, 6) is -0.735.